The lowest BCUT2D eigenvalue weighted by atomic mass is 10.2. The fourth-order valence-corrected chi connectivity index (χ4v) is 4.47. The van der Waals surface area contributed by atoms with Crippen LogP contribution in [0.2, 0.25) is 5.02 Å². The molecular weight excluding hydrogens is 457 g/mol. The molecule has 0 bridgehead atoms. The normalized spacial score (nSPS) is 16.1. The molecule has 1 aromatic carbocycles. The zero-order chi connectivity index (χ0) is 19.0. The minimum atomic E-state index is -4.02. The molecule has 1 aliphatic heterocycles. The number of nitrogens with zero attached hydrogens (tertiary/aromatic N) is 2. The van der Waals surface area contributed by atoms with Gasteiger partial charge in [-0.05, 0) is 12.1 Å². The van der Waals surface area contributed by atoms with E-state index in [4.69, 9.17) is 61.8 Å². The zero-order valence-electron chi connectivity index (χ0n) is 12.8. The molecule has 25 heavy (non-hydrogen) atoms. The van der Waals surface area contributed by atoms with Crippen LogP contribution in [0, 0.1) is 0 Å². The van der Waals surface area contributed by atoms with E-state index in [-0.39, 0.29) is 23.0 Å². The summed E-state index contributed by atoms with van der Waals surface area (Å²) < 4.78 is 26.6. The van der Waals surface area contributed by atoms with Crippen LogP contribution in [0.15, 0.2) is 17.0 Å². The van der Waals surface area contributed by atoms with Crippen LogP contribution in [0.25, 0.3) is 0 Å². The number of halogens is 5. The van der Waals surface area contributed by atoms with E-state index in [0.717, 1.165) is 0 Å². The van der Waals surface area contributed by atoms with Gasteiger partial charge in [0.25, 0.3) is 18.8 Å². The van der Waals surface area contributed by atoms with E-state index in [1.807, 2.05) is 0 Å². The van der Waals surface area contributed by atoms with Gasteiger partial charge in [0.15, 0.2) is 0 Å². The van der Waals surface area contributed by atoms with Gasteiger partial charge < -0.3 is 14.5 Å². The smallest absolute Gasteiger partial charge is 0.274 e. The third kappa shape index (κ3) is 4.70. The van der Waals surface area contributed by atoms with Crippen LogP contribution in [0.5, 0.6) is 5.75 Å². The molecule has 2 rings (SSSR count). The van der Waals surface area contributed by atoms with Gasteiger partial charge in [-0.3, -0.25) is 4.79 Å². The van der Waals surface area contributed by atoms with E-state index in [2.05, 4.69) is 0 Å². The summed E-state index contributed by atoms with van der Waals surface area (Å²) in [5.74, 6) is -0.234. The molecule has 1 amide bonds. The molecule has 6 nitrogen and oxygen atoms in total. The van der Waals surface area contributed by atoms with Gasteiger partial charge in [0.05, 0.1) is 17.8 Å². The zero-order valence-corrected chi connectivity index (χ0v) is 17.4. The van der Waals surface area contributed by atoms with E-state index in [1.54, 1.807) is 4.90 Å². The lowest BCUT2D eigenvalue weighted by Crippen LogP contribution is -2.52. The molecule has 1 aliphatic rings. The molecule has 0 atom stereocenters. The summed E-state index contributed by atoms with van der Waals surface area (Å²) in [6.07, 6.45) is 0. The van der Waals surface area contributed by atoms with Gasteiger partial charge in [-0.15, -0.1) is 0 Å². The summed E-state index contributed by atoms with van der Waals surface area (Å²) in [4.78, 5) is 15.0. The summed E-state index contributed by atoms with van der Waals surface area (Å²) in [6, 6.07) is 2.74. The van der Waals surface area contributed by atoms with Gasteiger partial charge in [0.2, 0.25) is 0 Å². The number of carbonyl (C=O) groups excluding carboxylic acids is 1. The van der Waals surface area contributed by atoms with Crippen molar-refractivity contribution in [2.24, 2.45) is 0 Å². The second kappa shape index (κ2) is 7.74. The molecule has 0 spiro atoms. The molecular formula is C13H13Cl5N2O4S. The number of ether oxygens (including phenoxy) is 1. The molecule has 0 radical (unpaired) electrons. The third-order valence-corrected chi connectivity index (χ3v) is 6.00. The highest BCUT2D eigenvalue weighted by Crippen LogP contribution is 2.41. The maximum Gasteiger partial charge on any atom is 0.274 e. The second-order valence-corrected chi connectivity index (χ2v) is 10.3. The second-order valence-electron chi connectivity index (χ2n) is 5.14. The number of anilines is 1. The first-order valence-electron chi connectivity index (χ1n) is 6.89. The maximum absolute atomic E-state index is 12.0. The summed E-state index contributed by atoms with van der Waals surface area (Å²) in [5.41, 5.74) is 0.381. The minimum Gasteiger partial charge on any atom is -0.495 e. The van der Waals surface area contributed by atoms with Crippen LogP contribution in [-0.4, -0.2) is 56.3 Å². The SMILES string of the molecule is COc1ccc(S(=O)(=O)Cl)c(Cl)c1N1CCN(C(=O)C(Cl)(Cl)Cl)CC1. The van der Waals surface area contributed by atoms with Gasteiger partial charge in [0, 0.05) is 36.9 Å². The topological polar surface area (TPSA) is 66.9 Å². The Morgan fingerprint density at radius 3 is 2.16 bits per heavy atom. The Balaban J connectivity index is 2.30. The molecule has 0 aliphatic carbocycles. The summed E-state index contributed by atoms with van der Waals surface area (Å²) in [7, 11) is 2.83. The molecule has 1 heterocycles. The number of benzene rings is 1. The van der Waals surface area contributed by atoms with Crippen LogP contribution in [0.3, 0.4) is 0 Å². The molecule has 0 N–H and O–H groups in total. The predicted octanol–water partition coefficient (Wildman–Crippen LogP) is 3.29. The minimum absolute atomic E-state index is 0.0458. The quantitative estimate of drug-likeness (QED) is 0.501. The van der Waals surface area contributed by atoms with Crippen molar-refractivity contribution in [3.05, 3.63) is 17.2 Å². The largest absolute Gasteiger partial charge is 0.495 e. The average molecular weight is 471 g/mol. The Kier molecular flexibility index (Phi) is 6.50. The summed E-state index contributed by atoms with van der Waals surface area (Å²) in [5, 5.41) is -0.0458. The highest BCUT2D eigenvalue weighted by atomic mass is 35.7. The van der Waals surface area contributed by atoms with E-state index >= 15 is 0 Å². The van der Waals surface area contributed by atoms with Crippen LogP contribution in [0.4, 0.5) is 5.69 Å². The van der Waals surface area contributed by atoms with Gasteiger partial charge in [-0.1, -0.05) is 46.4 Å². The molecule has 0 aromatic heterocycles. The van der Waals surface area contributed by atoms with Crippen molar-refractivity contribution in [1.29, 1.82) is 0 Å². The van der Waals surface area contributed by atoms with Gasteiger partial charge >= 0.3 is 0 Å². The molecule has 140 valence electrons. The molecule has 0 saturated carbocycles. The van der Waals surface area contributed by atoms with Crippen molar-refractivity contribution in [2.75, 3.05) is 38.2 Å². The van der Waals surface area contributed by atoms with Crippen molar-refractivity contribution in [3.63, 3.8) is 0 Å². The monoisotopic (exact) mass is 468 g/mol. The Bertz CT molecular complexity index is 773. The van der Waals surface area contributed by atoms with Gasteiger partial charge in [0.1, 0.15) is 10.6 Å². The van der Waals surface area contributed by atoms with Crippen molar-refractivity contribution >= 4 is 77.7 Å². The Labute approximate surface area is 169 Å². The number of methoxy groups -OCH3 is 1. The first-order valence-corrected chi connectivity index (χ1v) is 10.7. The number of hydrogen-bond donors (Lipinski definition) is 0. The van der Waals surface area contributed by atoms with Crippen LogP contribution < -0.4 is 9.64 Å². The van der Waals surface area contributed by atoms with E-state index < -0.39 is 18.8 Å². The first-order chi connectivity index (χ1) is 11.5. The van der Waals surface area contributed by atoms with Crippen LogP contribution in [0.1, 0.15) is 0 Å². The predicted molar refractivity (Wildman–Crippen MR) is 100 cm³/mol. The van der Waals surface area contributed by atoms with Gasteiger partial charge in [-0.2, -0.15) is 0 Å². The van der Waals surface area contributed by atoms with E-state index in [9.17, 15) is 13.2 Å². The summed E-state index contributed by atoms with van der Waals surface area (Å²) in [6.45, 7) is 1.22. The molecule has 1 fully saturated rings. The number of rotatable bonds is 3. The Morgan fingerprint density at radius 1 is 1.16 bits per heavy atom. The molecule has 0 unspecified atom stereocenters. The van der Waals surface area contributed by atoms with E-state index in [0.29, 0.717) is 24.5 Å². The third-order valence-electron chi connectivity index (χ3n) is 3.65. The number of piperazine rings is 1. The van der Waals surface area contributed by atoms with Crippen LogP contribution in [-0.2, 0) is 13.8 Å². The van der Waals surface area contributed by atoms with Crippen molar-refractivity contribution < 1.29 is 17.9 Å². The lowest BCUT2D eigenvalue weighted by Gasteiger charge is -2.38. The average Bonchev–Trinajstić information content (AvgIpc) is 2.52. The maximum atomic E-state index is 12.0. The molecule has 1 aromatic rings. The highest BCUT2D eigenvalue weighted by molar-refractivity contribution is 8.13. The first kappa shape index (κ1) is 21.0. The number of carbonyl (C=O) groups is 1. The summed E-state index contributed by atoms with van der Waals surface area (Å²) >= 11 is 23.1. The Hall–Kier alpha value is -0.310. The standard InChI is InChI=1S/C13H13Cl5N2O4S/c1-24-8-2-3-9(25(18,22)23)10(14)11(8)19-4-6-20(7-5-19)12(21)13(15,16)17/h2-3H,4-7H2,1H3. The van der Waals surface area contributed by atoms with E-state index in [1.165, 1.54) is 24.1 Å². The fraction of sp³-hybridized carbons (Fsp3) is 0.462. The number of alkyl halides is 3. The van der Waals surface area contributed by atoms with Crippen molar-refractivity contribution in [3.8, 4) is 5.75 Å². The number of amides is 1. The molecule has 12 heteroatoms. The Morgan fingerprint density at radius 2 is 1.72 bits per heavy atom. The van der Waals surface area contributed by atoms with Crippen LogP contribution >= 0.6 is 57.1 Å². The molecule has 1 saturated heterocycles. The number of hydrogen-bond acceptors (Lipinski definition) is 5. The van der Waals surface area contributed by atoms with Gasteiger partial charge in [-0.25, -0.2) is 8.42 Å². The highest BCUT2D eigenvalue weighted by Gasteiger charge is 2.37. The van der Waals surface area contributed by atoms with Crippen molar-refractivity contribution in [2.45, 2.75) is 8.69 Å². The fourth-order valence-electron chi connectivity index (χ4n) is 2.49. The lowest BCUT2D eigenvalue weighted by molar-refractivity contribution is -0.130. The van der Waals surface area contributed by atoms with Crippen molar-refractivity contribution in [1.82, 2.24) is 4.90 Å².